The van der Waals surface area contributed by atoms with Gasteiger partial charge in [0.2, 0.25) is 0 Å². The van der Waals surface area contributed by atoms with Crippen molar-refractivity contribution in [3.8, 4) is 0 Å². The first-order chi connectivity index (χ1) is 18.4. The minimum absolute atomic E-state index is 0.0653. The second-order valence-corrected chi connectivity index (χ2v) is 9.53. The van der Waals surface area contributed by atoms with Crippen molar-refractivity contribution in [2.45, 2.75) is 26.3 Å². The summed E-state index contributed by atoms with van der Waals surface area (Å²) < 4.78 is 5.76. The summed E-state index contributed by atoms with van der Waals surface area (Å²) in [5, 5.41) is 11.9. The van der Waals surface area contributed by atoms with E-state index in [0.717, 1.165) is 11.3 Å². The summed E-state index contributed by atoms with van der Waals surface area (Å²) in [6.45, 7) is 4.67. The number of ether oxygens (including phenoxy) is 1. The van der Waals surface area contributed by atoms with Crippen molar-refractivity contribution in [1.29, 1.82) is 0 Å². The number of hydrogen-bond acceptors (Lipinski definition) is 7. The average Bonchev–Trinajstić information content (AvgIpc) is 2.93. The lowest BCUT2D eigenvalue weighted by Crippen LogP contribution is -2.32. The normalized spacial score (nSPS) is 16.2. The maximum Gasteiger partial charge on any atom is 0.336 e. The van der Waals surface area contributed by atoms with E-state index >= 15 is 0 Å². The molecule has 194 valence electrons. The SMILES string of the molecule is CC1=NC(C)=C(C(=O)OCCN(Cc2ccccc2)c2ccccc2)C(c2cccc([N+](=O)[O-])c2)C1=PO. The molecule has 3 aromatic carbocycles. The standard InChI is InChI=1S/C29H28N3O5P/c1-20-26(27(28(38-36)21(2)30-20)23-12-9-15-25(18-23)32(34)35)29(33)37-17-16-31(24-13-7-4-8-14-24)19-22-10-5-3-6-11-22/h3-15,18,27,36H,16-17,19H2,1-2H3. The van der Waals surface area contributed by atoms with Gasteiger partial charge in [-0.05, 0) is 37.1 Å². The van der Waals surface area contributed by atoms with Crippen molar-refractivity contribution in [2.75, 3.05) is 18.1 Å². The number of benzene rings is 3. The highest BCUT2D eigenvalue weighted by Gasteiger charge is 2.35. The first-order valence-corrected chi connectivity index (χ1v) is 13.0. The van der Waals surface area contributed by atoms with Crippen LogP contribution in [0.3, 0.4) is 0 Å². The van der Waals surface area contributed by atoms with Crippen LogP contribution in [0.5, 0.6) is 0 Å². The Morgan fingerprint density at radius 3 is 2.39 bits per heavy atom. The van der Waals surface area contributed by atoms with Crippen LogP contribution in [-0.2, 0) is 16.1 Å². The Bertz CT molecular complexity index is 1400. The van der Waals surface area contributed by atoms with E-state index in [1.165, 1.54) is 12.1 Å². The molecule has 0 amide bonds. The number of nitro groups is 1. The van der Waals surface area contributed by atoms with Crippen LogP contribution in [-0.4, -0.2) is 39.9 Å². The third-order valence-corrected chi connectivity index (χ3v) is 7.13. The molecule has 0 bridgehead atoms. The van der Waals surface area contributed by atoms with E-state index in [4.69, 9.17) is 4.74 Å². The first-order valence-electron chi connectivity index (χ1n) is 12.1. The summed E-state index contributed by atoms with van der Waals surface area (Å²) in [5.41, 5.74) is 3.85. The van der Waals surface area contributed by atoms with Crippen LogP contribution in [0.2, 0.25) is 0 Å². The number of para-hydroxylation sites is 1. The predicted octanol–water partition coefficient (Wildman–Crippen LogP) is 5.70. The van der Waals surface area contributed by atoms with E-state index in [-0.39, 0.29) is 26.3 Å². The third kappa shape index (κ3) is 6.22. The zero-order chi connectivity index (χ0) is 27.1. The van der Waals surface area contributed by atoms with Gasteiger partial charge in [0.15, 0.2) is 0 Å². The Kier molecular flexibility index (Phi) is 8.79. The van der Waals surface area contributed by atoms with Crippen LogP contribution in [0.15, 0.2) is 101 Å². The highest BCUT2D eigenvalue weighted by Crippen LogP contribution is 2.37. The van der Waals surface area contributed by atoms with E-state index in [0.29, 0.717) is 35.4 Å². The van der Waals surface area contributed by atoms with Crippen LogP contribution < -0.4 is 4.90 Å². The molecule has 8 nitrogen and oxygen atoms in total. The lowest BCUT2D eigenvalue weighted by atomic mass is 9.83. The molecule has 0 aliphatic carbocycles. The highest BCUT2D eigenvalue weighted by molar-refractivity contribution is 7.38. The molecule has 1 aliphatic rings. The van der Waals surface area contributed by atoms with Gasteiger partial charge in [-0.15, -0.1) is 0 Å². The van der Waals surface area contributed by atoms with Crippen molar-refractivity contribution in [1.82, 2.24) is 0 Å². The topological polar surface area (TPSA) is 105 Å². The van der Waals surface area contributed by atoms with Gasteiger partial charge in [-0.25, -0.2) is 4.79 Å². The fraction of sp³-hybridized carbons (Fsp3) is 0.207. The quantitative estimate of drug-likeness (QED) is 0.165. The lowest BCUT2D eigenvalue weighted by Gasteiger charge is -2.28. The summed E-state index contributed by atoms with van der Waals surface area (Å²) in [5.74, 6) is -1.27. The number of aliphatic imine (C=N–C) groups is 1. The Labute approximate surface area is 223 Å². The molecular weight excluding hydrogens is 501 g/mol. The lowest BCUT2D eigenvalue weighted by molar-refractivity contribution is -0.384. The zero-order valence-corrected chi connectivity index (χ0v) is 22.0. The van der Waals surface area contributed by atoms with Gasteiger partial charge in [0.1, 0.15) is 6.61 Å². The Morgan fingerprint density at radius 2 is 1.74 bits per heavy atom. The van der Waals surface area contributed by atoms with E-state index < -0.39 is 16.8 Å². The van der Waals surface area contributed by atoms with Crippen LogP contribution in [0.4, 0.5) is 11.4 Å². The molecule has 0 saturated heterocycles. The predicted molar refractivity (Wildman–Crippen MR) is 151 cm³/mol. The zero-order valence-electron chi connectivity index (χ0n) is 21.2. The Morgan fingerprint density at radius 1 is 1.05 bits per heavy atom. The van der Waals surface area contributed by atoms with Crippen LogP contribution in [0.25, 0.3) is 0 Å². The number of esters is 1. The molecule has 3 aromatic rings. The summed E-state index contributed by atoms with van der Waals surface area (Å²) in [4.78, 5) is 41.1. The molecule has 1 atom stereocenters. The number of nitrogens with zero attached hydrogens (tertiary/aromatic N) is 3. The number of non-ortho nitro benzene ring substituents is 1. The molecule has 1 aliphatic heterocycles. The summed E-state index contributed by atoms with van der Waals surface area (Å²) in [6, 6.07) is 26.0. The molecule has 1 unspecified atom stereocenters. The monoisotopic (exact) mass is 529 g/mol. The van der Waals surface area contributed by atoms with E-state index in [2.05, 4.69) is 9.89 Å². The molecule has 0 spiro atoms. The van der Waals surface area contributed by atoms with Gasteiger partial charge in [0, 0.05) is 41.1 Å². The molecule has 0 saturated carbocycles. The molecule has 0 fully saturated rings. The summed E-state index contributed by atoms with van der Waals surface area (Å²) in [6.07, 6.45) is 0. The van der Waals surface area contributed by atoms with Crippen LogP contribution in [0, 0.1) is 10.1 Å². The fourth-order valence-corrected chi connectivity index (χ4v) is 5.12. The number of allylic oxidation sites excluding steroid dienone is 1. The minimum Gasteiger partial charge on any atom is -0.460 e. The van der Waals surface area contributed by atoms with E-state index in [9.17, 15) is 19.8 Å². The third-order valence-electron chi connectivity index (χ3n) is 6.33. The molecule has 0 aromatic heterocycles. The second kappa shape index (κ2) is 12.4. The first kappa shape index (κ1) is 26.9. The van der Waals surface area contributed by atoms with Crippen LogP contribution in [0.1, 0.15) is 30.9 Å². The summed E-state index contributed by atoms with van der Waals surface area (Å²) >= 11 is 0. The van der Waals surface area contributed by atoms with Crippen molar-refractivity contribution >= 4 is 36.8 Å². The van der Waals surface area contributed by atoms with E-state index in [1.54, 1.807) is 26.0 Å². The van der Waals surface area contributed by atoms with Gasteiger partial charge < -0.3 is 14.5 Å². The van der Waals surface area contributed by atoms with Crippen molar-refractivity contribution in [3.63, 3.8) is 0 Å². The minimum atomic E-state index is -0.707. The molecule has 38 heavy (non-hydrogen) atoms. The van der Waals surface area contributed by atoms with Gasteiger partial charge in [-0.1, -0.05) is 60.7 Å². The maximum absolute atomic E-state index is 13.5. The van der Waals surface area contributed by atoms with Gasteiger partial charge in [0.25, 0.3) is 5.69 Å². The van der Waals surface area contributed by atoms with Crippen LogP contribution >= 0.6 is 8.43 Å². The number of anilines is 1. The highest BCUT2D eigenvalue weighted by atomic mass is 31.1. The second-order valence-electron chi connectivity index (χ2n) is 8.85. The maximum atomic E-state index is 13.5. The number of carbonyl (C=O) groups excluding carboxylic acids is 1. The largest absolute Gasteiger partial charge is 0.460 e. The fourth-order valence-electron chi connectivity index (χ4n) is 4.53. The number of rotatable bonds is 9. The summed E-state index contributed by atoms with van der Waals surface area (Å²) in [7, 11) is -0.0653. The molecule has 0 radical (unpaired) electrons. The Balaban J connectivity index is 1.57. The molecule has 4 rings (SSSR count). The van der Waals surface area contributed by atoms with Crippen molar-refractivity contribution in [2.24, 2.45) is 4.99 Å². The van der Waals surface area contributed by atoms with Gasteiger partial charge in [-0.3, -0.25) is 15.1 Å². The molecular formula is C29H28N3O5P. The van der Waals surface area contributed by atoms with Gasteiger partial charge >= 0.3 is 5.97 Å². The van der Waals surface area contributed by atoms with Crippen molar-refractivity contribution in [3.05, 3.63) is 117 Å². The average molecular weight is 530 g/mol. The molecule has 1 heterocycles. The van der Waals surface area contributed by atoms with E-state index in [1.807, 2.05) is 60.7 Å². The molecule has 1 N–H and O–H groups in total. The Hall–Kier alpha value is -4.13. The van der Waals surface area contributed by atoms with Crippen molar-refractivity contribution < 1.29 is 19.3 Å². The smallest absolute Gasteiger partial charge is 0.336 e. The number of nitro benzene ring substituents is 1. The van der Waals surface area contributed by atoms with Gasteiger partial charge in [0.05, 0.1) is 31.4 Å². The number of hydrogen-bond donors (Lipinski definition) is 1. The van der Waals surface area contributed by atoms with Gasteiger partial charge in [-0.2, -0.15) is 0 Å². The number of carbonyl (C=O) groups is 1. The molecule has 9 heteroatoms.